The molecule has 0 amide bonds. The molecule has 142 valence electrons. The Morgan fingerprint density at radius 1 is 1.15 bits per heavy atom. The smallest absolute Gasteiger partial charge is 0.328 e. The Hall–Kier alpha value is -3.59. The maximum absolute atomic E-state index is 10.9. The second-order valence-electron chi connectivity index (χ2n) is 5.31. The van der Waals surface area contributed by atoms with Gasteiger partial charge in [-0.15, -0.1) is 10.2 Å². The zero-order valence-corrected chi connectivity index (χ0v) is 15.5. The van der Waals surface area contributed by atoms with E-state index in [2.05, 4.69) is 10.2 Å². The molecule has 0 atom stereocenters. The van der Waals surface area contributed by atoms with Gasteiger partial charge in [-0.3, -0.25) is 4.57 Å². The van der Waals surface area contributed by atoms with Crippen LogP contribution in [0.2, 0.25) is 0 Å². The maximum Gasteiger partial charge on any atom is 0.328 e. The third-order valence-electron chi connectivity index (χ3n) is 3.65. The molecule has 0 saturated heterocycles. The Bertz CT molecular complexity index is 952. The van der Waals surface area contributed by atoms with Crippen molar-refractivity contribution in [2.45, 2.75) is 6.92 Å². The normalized spacial score (nSPS) is 10.6. The van der Waals surface area contributed by atoms with Crippen LogP contribution in [0.4, 0.5) is 0 Å². The summed E-state index contributed by atoms with van der Waals surface area (Å²) in [5, 5.41) is 17.2. The minimum Gasteiger partial charge on any atom is -0.494 e. The van der Waals surface area contributed by atoms with E-state index in [1.807, 2.05) is 6.92 Å². The topological polar surface area (TPSA) is 136 Å². The van der Waals surface area contributed by atoms with E-state index < -0.39 is 5.97 Å². The first-order valence-electron chi connectivity index (χ1n) is 7.69. The summed E-state index contributed by atoms with van der Waals surface area (Å²) in [5.74, 6) is 1.81. The molecule has 0 aliphatic heterocycles. The van der Waals surface area contributed by atoms with Gasteiger partial charge in [0.15, 0.2) is 11.6 Å². The Balaban J connectivity index is 0.00000261. The molecule has 0 bridgehead atoms. The lowest BCUT2D eigenvalue weighted by Crippen LogP contribution is -2.05. The molecule has 3 aromatic rings. The average Bonchev–Trinajstić information content (AvgIpc) is 3.24. The van der Waals surface area contributed by atoms with Crippen LogP contribution in [-0.4, -0.2) is 40.1 Å². The highest BCUT2D eigenvalue weighted by atomic mass is 16.5. The van der Waals surface area contributed by atoms with Crippen molar-refractivity contribution >= 4 is 12.0 Å². The van der Waals surface area contributed by atoms with Crippen molar-refractivity contribution in [3.05, 3.63) is 48.0 Å². The second-order valence-corrected chi connectivity index (χ2v) is 5.31. The third-order valence-corrected chi connectivity index (χ3v) is 3.65. The minimum absolute atomic E-state index is 0. The lowest BCUT2D eigenvalue weighted by atomic mass is 10.2. The van der Waals surface area contributed by atoms with Crippen LogP contribution in [0.1, 0.15) is 11.6 Å². The number of rotatable bonds is 6. The fourth-order valence-corrected chi connectivity index (χ4v) is 2.54. The zero-order valence-electron chi connectivity index (χ0n) is 15.5. The van der Waals surface area contributed by atoms with Crippen LogP contribution >= 0.6 is 0 Å². The Morgan fingerprint density at radius 3 is 2.33 bits per heavy atom. The molecule has 0 unspecified atom stereocenters. The van der Waals surface area contributed by atoms with Gasteiger partial charge in [-0.2, -0.15) is 0 Å². The number of aliphatic carboxylic acids is 1. The monoisotopic (exact) mass is 373 g/mol. The van der Waals surface area contributed by atoms with Crippen molar-refractivity contribution in [1.29, 1.82) is 0 Å². The highest BCUT2D eigenvalue weighted by Gasteiger charge is 2.22. The molecule has 0 spiro atoms. The fraction of sp³-hybridized carbons (Fsp3) is 0.167. The standard InChI is InChI=1S/C18H17N3O5.H3N/c1-11-7-8-14(26-11)18-20-19-15(9-10-16(22)23)21(18)17-12(24-2)5-4-6-13(17)25-3;/h4-10H,1-3H3,(H,22,23);1H3/p+1/b10-9+;. The van der Waals surface area contributed by atoms with Gasteiger partial charge in [-0.1, -0.05) is 6.07 Å². The lowest BCUT2D eigenvalue weighted by Gasteiger charge is -2.15. The molecule has 0 saturated carbocycles. The number of aromatic nitrogens is 3. The third kappa shape index (κ3) is 3.82. The fourth-order valence-electron chi connectivity index (χ4n) is 2.54. The zero-order chi connectivity index (χ0) is 18.7. The number of ether oxygens (including phenoxy) is 2. The second kappa shape index (κ2) is 8.19. The van der Waals surface area contributed by atoms with Gasteiger partial charge in [0, 0.05) is 6.08 Å². The summed E-state index contributed by atoms with van der Waals surface area (Å²) in [6, 6.07) is 8.89. The first-order valence-corrected chi connectivity index (χ1v) is 7.69. The lowest BCUT2D eigenvalue weighted by molar-refractivity contribution is -0.131. The molecule has 0 aliphatic carbocycles. The van der Waals surface area contributed by atoms with E-state index in [0.717, 1.165) is 6.08 Å². The van der Waals surface area contributed by atoms with Crippen molar-refractivity contribution in [1.82, 2.24) is 20.9 Å². The summed E-state index contributed by atoms with van der Waals surface area (Å²) in [5.41, 5.74) is 0.539. The van der Waals surface area contributed by atoms with Crippen LogP contribution < -0.4 is 15.6 Å². The number of hydrogen-bond acceptors (Lipinski definition) is 6. The predicted molar refractivity (Wildman–Crippen MR) is 99.6 cm³/mol. The van der Waals surface area contributed by atoms with Gasteiger partial charge in [-0.25, -0.2) is 4.79 Å². The number of carboxylic acids is 1. The molecular weight excluding hydrogens is 352 g/mol. The molecular formula is C18H21N4O5+. The van der Waals surface area contributed by atoms with E-state index in [-0.39, 0.29) is 6.15 Å². The highest BCUT2D eigenvalue weighted by molar-refractivity contribution is 5.85. The maximum atomic E-state index is 10.9. The number of carbonyl (C=O) groups is 1. The van der Waals surface area contributed by atoms with E-state index in [1.165, 1.54) is 20.3 Å². The van der Waals surface area contributed by atoms with E-state index >= 15 is 0 Å². The van der Waals surface area contributed by atoms with Crippen LogP contribution in [0.3, 0.4) is 0 Å². The van der Waals surface area contributed by atoms with Gasteiger partial charge in [-0.05, 0) is 37.3 Å². The van der Waals surface area contributed by atoms with E-state index in [4.69, 9.17) is 19.0 Å². The number of nitrogens with zero attached hydrogens (tertiary/aromatic N) is 3. The number of aryl methyl sites for hydroxylation is 1. The van der Waals surface area contributed by atoms with Crippen LogP contribution in [0.25, 0.3) is 23.3 Å². The summed E-state index contributed by atoms with van der Waals surface area (Å²) in [6.07, 6.45) is 2.33. The van der Waals surface area contributed by atoms with Crippen LogP contribution in [0.15, 0.2) is 40.8 Å². The van der Waals surface area contributed by atoms with Gasteiger partial charge in [0.05, 0.1) is 14.2 Å². The predicted octanol–water partition coefficient (Wildman–Crippen LogP) is 3.33. The van der Waals surface area contributed by atoms with Crippen LogP contribution in [0, 0.1) is 6.92 Å². The number of methoxy groups -OCH3 is 2. The molecule has 5 N–H and O–H groups in total. The average molecular weight is 373 g/mol. The summed E-state index contributed by atoms with van der Waals surface area (Å²) in [7, 11) is 3.07. The van der Waals surface area contributed by atoms with E-state index in [9.17, 15) is 4.79 Å². The Labute approximate surface area is 155 Å². The Kier molecular flexibility index (Phi) is 5.99. The number of quaternary nitrogens is 1. The number of furan rings is 1. The van der Waals surface area contributed by atoms with Crippen molar-refractivity contribution in [3.63, 3.8) is 0 Å². The SMILES string of the molecule is COc1cccc(OC)c1-n1c(/C=C/C(=O)O)nnc1-c1ccc(C)o1.[NH4+]. The van der Waals surface area contributed by atoms with Crippen molar-refractivity contribution in [2.75, 3.05) is 14.2 Å². The van der Waals surface area contributed by atoms with Crippen molar-refractivity contribution < 1.29 is 23.8 Å². The number of carboxylic acid groups (broad SMARTS) is 1. The van der Waals surface area contributed by atoms with Gasteiger partial charge in [0.2, 0.25) is 5.82 Å². The van der Waals surface area contributed by atoms with Gasteiger partial charge >= 0.3 is 5.97 Å². The largest absolute Gasteiger partial charge is 0.494 e. The molecule has 1 aromatic carbocycles. The minimum atomic E-state index is -1.10. The molecule has 3 rings (SSSR count). The van der Waals surface area contributed by atoms with Crippen LogP contribution in [-0.2, 0) is 4.79 Å². The summed E-state index contributed by atoms with van der Waals surface area (Å²) in [4.78, 5) is 10.9. The van der Waals surface area contributed by atoms with Crippen LogP contribution in [0.5, 0.6) is 11.5 Å². The van der Waals surface area contributed by atoms with E-state index in [0.29, 0.717) is 40.4 Å². The summed E-state index contributed by atoms with van der Waals surface area (Å²) < 4.78 is 18.2. The molecule has 0 fully saturated rings. The van der Waals surface area contributed by atoms with Crippen molar-refractivity contribution in [2.24, 2.45) is 0 Å². The highest BCUT2D eigenvalue weighted by Crippen LogP contribution is 2.36. The quantitative estimate of drug-likeness (QED) is 0.632. The first kappa shape index (κ1) is 19.7. The molecule has 0 aliphatic rings. The van der Waals surface area contributed by atoms with E-state index in [1.54, 1.807) is 34.9 Å². The first-order chi connectivity index (χ1) is 12.5. The molecule has 2 aromatic heterocycles. The number of para-hydroxylation sites is 1. The molecule has 9 heteroatoms. The summed E-state index contributed by atoms with van der Waals surface area (Å²) >= 11 is 0. The number of hydrogen-bond donors (Lipinski definition) is 2. The molecule has 2 heterocycles. The van der Waals surface area contributed by atoms with Crippen molar-refractivity contribution in [3.8, 4) is 28.8 Å². The molecule has 27 heavy (non-hydrogen) atoms. The molecule has 0 radical (unpaired) electrons. The Morgan fingerprint density at radius 2 is 1.81 bits per heavy atom. The van der Waals surface area contributed by atoms with Gasteiger partial charge in [0.1, 0.15) is 22.9 Å². The number of benzene rings is 1. The summed E-state index contributed by atoms with van der Waals surface area (Å²) in [6.45, 7) is 1.82. The van der Waals surface area contributed by atoms with Gasteiger partial charge < -0.3 is 25.1 Å². The van der Waals surface area contributed by atoms with Gasteiger partial charge in [0.25, 0.3) is 0 Å². The molecule has 9 nitrogen and oxygen atoms in total.